The highest BCUT2D eigenvalue weighted by atomic mass is 19.4. The second-order valence-electron chi connectivity index (χ2n) is 7.07. The minimum absolute atomic E-state index is 0.0191. The molecule has 0 aliphatic carbocycles. The third-order valence-electron chi connectivity index (χ3n) is 4.93. The Kier molecular flexibility index (Phi) is 4.87. The molecule has 28 heavy (non-hydrogen) atoms. The van der Waals surface area contributed by atoms with Gasteiger partial charge in [-0.1, -0.05) is 6.07 Å². The first-order valence-corrected chi connectivity index (χ1v) is 9.24. The van der Waals surface area contributed by atoms with Crippen molar-refractivity contribution in [3.63, 3.8) is 0 Å². The van der Waals surface area contributed by atoms with E-state index in [4.69, 9.17) is 4.74 Å². The van der Waals surface area contributed by atoms with Gasteiger partial charge in [0.1, 0.15) is 24.2 Å². The summed E-state index contributed by atoms with van der Waals surface area (Å²) in [5.74, 6) is 1.50. The topological polar surface area (TPSA) is 43.2 Å². The minimum Gasteiger partial charge on any atom is -0.490 e. The average molecular weight is 390 g/mol. The van der Waals surface area contributed by atoms with Crippen LogP contribution < -0.4 is 9.64 Å². The van der Waals surface area contributed by atoms with E-state index in [2.05, 4.69) is 14.9 Å². The summed E-state index contributed by atoms with van der Waals surface area (Å²) in [5, 5.41) is 0.707. The van der Waals surface area contributed by atoms with Gasteiger partial charge < -0.3 is 14.2 Å². The van der Waals surface area contributed by atoms with Crippen LogP contribution in [0.4, 0.5) is 19.0 Å². The second kappa shape index (κ2) is 7.33. The number of nitrogens with zero attached hydrogens (tertiary/aromatic N) is 4. The number of benzene rings is 1. The lowest BCUT2D eigenvalue weighted by molar-refractivity contribution is -0.139. The van der Waals surface area contributed by atoms with E-state index in [0.29, 0.717) is 16.7 Å². The molecular weight excluding hydrogens is 369 g/mol. The zero-order valence-electron chi connectivity index (χ0n) is 15.5. The van der Waals surface area contributed by atoms with Crippen molar-refractivity contribution < 1.29 is 17.9 Å². The predicted molar refractivity (Wildman–Crippen MR) is 101 cm³/mol. The molecule has 3 heterocycles. The van der Waals surface area contributed by atoms with Crippen LogP contribution in [0.1, 0.15) is 18.5 Å². The van der Waals surface area contributed by atoms with E-state index < -0.39 is 12.7 Å². The molecule has 1 aromatic carbocycles. The van der Waals surface area contributed by atoms with Gasteiger partial charge in [0, 0.05) is 43.7 Å². The summed E-state index contributed by atoms with van der Waals surface area (Å²) in [6, 6.07) is 6.93. The van der Waals surface area contributed by atoms with Crippen molar-refractivity contribution in [3.05, 3.63) is 48.5 Å². The Labute approximate surface area is 160 Å². The van der Waals surface area contributed by atoms with Gasteiger partial charge >= 0.3 is 6.18 Å². The molecule has 0 radical (unpaired) electrons. The van der Waals surface area contributed by atoms with Gasteiger partial charge in [0.2, 0.25) is 0 Å². The zero-order chi connectivity index (χ0) is 19.7. The van der Waals surface area contributed by atoms with E-state index in [1.165, 1.54) is 10.8 Å². The van der Waals surface area contributed by atoms with Crippen molar-refractivity contribution in [1.82, 2.24) is 14.5 Å². The molecule has 0 N–H and O–H groups in total. The van der Waals surface area contributed by atoms with Crippen LogP contribution >= 0.6 is 0 Å². The molecule has 8 heteroatoms. The van der Waals surface area contributed by atoms with E-state index in [9.17, 15) is 13.2 Å². The maximum Gasteiger partial charge on any atom is 0.406 e. The molecule has 0 atom stereocenters. The zero-order valence-corrected chi connectivity index (χ0v) is 15.5. The quantitative estimate of drug-likeness (QED) is 0.664. The molecule has 0 spiro atoms. The van der Waals surface area contributed by atoms with E-state index >= 15 is 0 Å². The lowest BCUT2D eigenvalue weighted by atomic mass is 10.1. The van der Waals surface area contributed by atoms with Crippen molar-refractivity contribution in [2.24, 2.45) is 0 Å². The molecule has 1 aliphatic rings. The fourth-order valence-corrected chi connectivity index (χ4v) is 3.61. The standard InChI is InChI=1S/C20H21F3N4O/c1-14-11-24-12-19(25-14)26-8-5-15(6-9-26)28-18-4-2-3-17-16(18)7-10-27(17)13-20(21,22)23/h2-4,7,10-12,15H,5-6,8-9,13H2,1H3. The van der Waals surface area contributed by atoms with Crippen molar-refractivity contribution in [2.45, 2.75) is 38.6 Å². The number of ether oxygens (including phenoxy) is 1. The number of halogens is 3. The Hall–Kier alpha value is -2.77. The van der Waals surface area contributed by atoms with Crippen LogP contribution in [0, 0.1) is 6.92 Å². The normalized spacial score (nSPS) is 15.9. The summed E-state index contributed by atoms with van der Waals surface area (Å²) in [7, 11) is 0. The second-order valence-corrected chi connectivity index (χ2v) is 7.07. The van der Waals surface area contributed by atoms with Gasteiger partial charge in [0.25, 0.3) is 0 Å². The third kappa shape index (κ3) is 4.05. The molecule has 0 amide bonds. The molecule has 148 valence electrons. The van der Waals surface area contributed by atoms with E-state index in [1.54, 1.807) is 30.6 Å². The van der Waals surface area contributed by atoms with Crippen molar-refractivity contribution in [2.75, 3.05) is 18.0 Å². The highest BCUT2D eigenvalue weighted by molar-refractivity contribution is 5.86. The van der Waals surface area contributed by atoms with Gasteiger partial charge in [-0.25, -0.2) is 4.98 Å². The van der Waals surface area contributed by atoms with Crippen LogP contribution in [0.2, 0.25) is 0 Å². The molecule has 1 saturated heterocycles. The number of hydrogen-bond donors (Lipinski definition) is 0. The molecule has 1 fully saturated rings. The SMILES string of the molecule is Cc1cncc(N2CCC(Oc3cccc4c3ccn4CC(F)(F)F)CC2)n1. The number of rotatable bonds is 4. The Morgan fingerprint density at radius 3 is 2.64 bits per heavy atom. The molecule has 0 saturated carbocycles. The number of fused-ring (bicyclic) bond motifs is 1. The van der Waals surface area contributed by atoms with Crippen LogP contribution in [0.5, 0.6) is 5.75 Å². The van der Waals surface area contributed by atoms with Gasteiger partial charge in [0.05, 0.1) is 17.4 Å². The molecular formula is C20H21F3N4O. The molecule has 1 aliphatic heterocycles. The summed E-state index contributed by atoms with van der Waals surface area (Å²) < 4.78 is 45.6. The first kappa shape index (κ1) is 18.6. The Balaban J connectivity index is 1.45. The summed E-state index contributed by atoms with van der Waals surface area (Å²) in [6.07, 6.45) is 2.34. The number of alkyl halides is 3. The number of anilines is 1. The maximum atomic E-state index is 12.8. The minimum atomic E-state index is -4.26. The van der Waals surface area contributed by atoms with Gasteiger partial charge in [-0.05, 0) is 25.1 Å². The van der Waals surface area contributed by atoms with Gasteiger partial charge in [-0.2, -0.15) is 13.2 Å². The lowest BCUT2D eigenvalue weighted by Gasteiger charge is -2.33. The van der Waals surface area contributed by atoms with Gasteiger partial charge in [-0.3, -0.25) is 4.98 Å². The summed E-state index contributed by atoms with van der Waals surface area (Å²) >= 11 is 0. The van der Waals surface area contributed by atoms with Crippen LogP contribution in [-0.2, 0) is 6.54 Å². The lowest BCUT2D eigenvalue weighted by Crippen LogP contribution is -2.38. The third-order valence-corrected chi connectivity index (χ3v) is 4.93. The van der Waals surface area contributed by atoms with E-state index in [0.717, 1.165) is 37.4 Å². The first-order chi connectivity index (χ1) is 13.4. The fraction of sp³-hybridized carbons (Fsp3) is 0.400. The maximum absolute atomic E-state index is 12.8. The summed E-state index contributed by atoms with van der Waals surface area (Å²) in [6.45, 7) is 2.51. The molecule has 0 bridgehead atoms. The fourth-order valence-electron chi connectivity index (χ4n) is 3.61. The van der Waals surface area contributed by atoms with Gasteiger partial charge in [-0.15, -0.1) is 0 Å². The molecule has 3 aromatic rings. The highest BCUT2D eigenvalue weighted by Gasteiger charge is 2.29. The molecule has 0 unspecified atom stereocenters. The predicted octanol–water partition coefficient (Wildman–Crippen LogP) is 4.35. The van der Waals surface area contributed by atoms with Crippen molar-refractivity contribution >= 4 is 16.7 Å². The molecule has 4 rings (SSSR count). The Morgan fingerprint density at radius 2 is 1.93 bits per heavy atom. The average Bonchev–Trinajstić information content (AvgIpc) is 3.05. The Morgan fingerprint density at radius 1 is 1.14 bits per heavy atom. The highest BCUT2D eigenvalue weighted by Crippen LogP contribution is 2.31. The number of aryl methyl sites for hydroxylation is 1. The van der Waals surface area contributed by atoms with Crippen LogP contribution in [0.3, 0.4) is 0 Å². The van der Waals surface area contributed by atoms with E-state index in [-0.39, 0.29) is 6.10 Å². The monoisotopic (exact) mass is 390 g/mol. The number of aromatic nitrogens is 3. The van der Waals surface area contributed by atoms with Crippen molar-refractivity contribution in [3.8, 4) is 5.75 Å². The first-order valence-electron chi connectivity index (χ1n) is 9.24. The smallest absolute Gasteiger partial charge is 0.406 e. The van der Waals surface area contributed by atoms with Crippen LogP contribution in [0.25, 0.3) is 10.9 Å². The molecule has 5 nitrogen and oxygen atoms in total. The molecule has 2 aromatic heterocycles. The van der Waals surface area contributed by atoms with Crippen molar-refractivity contribution in [1.29, 1.82) is 0 Å². The van der Waals surface area contributed by atoms with Gasteiger partial charge in [0.15, 0.2) is 0 Å². The van der Waals surface area contributed by atoms with Crippen LogP contribution in [0.15, 0.2) is 42.9 Å². The largest absolute Gasteiger partial charge is 0.490 e. The van der Waals surface area contributed by atoms with E-state index in [1.807, 2.05) is 13.0 Å². The van der Waals surface area contributed by atoms with Crippen LogP contribution in [-0.4, -0.2) is 39.9 Å². The summed E-state index contributed by atoms with van der Waals surface area (Å²) in [4.78, 5) is 10.9. The Bertz CT molecular complexity index is 961. The summed E-state index contributed by atoms with van der Waals surface area (Å²) in [5.41, 5.74) is 1.41. The number of piperidine rings is 1. The number of hydrogen-bond acceptors (Lipinski definition) is 4.